The summed E-state index contributed by atoms with van der Waals surface area (Å²) in [5.41, 5.74) is 1.36. The van der Waals surface area contributed by atoms with E-state index in [1.165, 1.54) is 0 Å². The highest BCUT2D eigenvalue weighted by Crippen LogP contribution is 2.28. The molecule has 0 aliphatic heterocycles. The van der Waals surface area contributed by atoms with E-state index in [0.717, 1.165) is 17.7 Å². The Bertz CT molecular complexity index is 884. The Morgan fingerprint density at radius 1 is 1.12 bits per heavy atom. The van der Waals surface area contributed by atoms with Gasteiger partial charge in [-0.15, -0.1) is 0 Å². The molecule has 0 radical (unpaired) electrons. The quantitative estimate of drug-likeness (QED) is 0.686. The molecule has 2 aromatic heterocycles. The van der Waals surface area contributed by atoms with Crippen molar-refractivity contribution in [3.8, 4) is 11.4 Å². The maximum Gasteiger partial charge on any atom is 0.161 e. The first-order valence-corrected chi connectivity index (χ1v) is 8.87. The summed E-state index contributed by atoms with van der Waals surface area (Å²) in [5.74, 6) is 1.29. The highest BCUT2D eigenvalue weighted by atomic mass is 35.5. The van der Waals surface area contributed by atoms with Crippen LogP contribution in [0.25, 0.3) is 11.4 Å². The number of hydrogen-bond donors (Lipinski definition) is 2. The first-order valence-electron chi connectivity index (χ1n) is 8.49. The highest BCUT2D eigenvalue weighted by molar-refractivity contribution is 6.31. The summed E-state index contributed by atoms with van der Waals surface area (Å²) in [4.78, 5) is 13.2. The standard InChI is InChI=1S/C20H21ClN4O/c1-3-15-12-18(25-19(24-15)14-8-10-22-11-9-14)23-13-20(2,26)16-6-4-5-7-17(16)21/h4-12,26H,3,13H2,1-2H3,(H,23,24,25). The van der Waals surface area contributed by atoms with Gasteiger partial charge in [-0.05, 0) is 31.5 Å². The van der Waals surface area contributed by atoms with Gasteiger partial charge in [0.1, 0.15) is 11.4 Å². The lowest BCUT2D eigenvalue weighted by Gasteiger charge is -2.25. The number of aromatic nitrogens is 3. The summed E-state index contributed by atoms with van der Waals surface area (Å²) in [6.07, 6.45) is 4.22. The second-order valence-electron chi connectivity index (χ2n) is 6.26. The van der Waals surface area contributed by atoms with Crippen molar-refractivity contribution in [1.82, 2.24) is 15.0 Å². The van der Waals surface area contributed by atoms with Crippen LogP contribution in [0, 0.1) is 0 Å². The van der Waals surface area contributed by atoms with E-state index in [2.05, 4.69) is 20.3 Å². The third kappa shape index (κ3) is 4.18. The van der Waals surface area contributed by atoms with E-state index in [0.29, 0.717) is 22.2 Å². The minimum absolute atomic E-state index is 0.271. The number of rotatable bonds is 6. The van der Waals surface area contributed by atoms with Crippen molar-refractivity contribution in [2.45, 2.75) is 25.9 Å². The summed E-state index contributed by atoms with van der Waals surface area (Å²) in [6.45, 7) is 4.04. The minimum atomic E-state index is -1.13. The van der Waals surface area contributed by atoms with Gasteiger partial charge in [0.2, 0.25) is 0 Å². The second-order valence-corrected chi connectivity index (χ2v) is 6.67. The Labute approximate surface area is 158 Å². The molecule has 0 aliphatic rings. The fourth-order valence-corrected chi connectivity index (χ4v) is 2.99. The summed E-state index contributed by atoms with van der Waals surface area (Å²) >= 11 is 6.22. The molecule has 0 aliphatic carbocycles. The second kappa shape index (κ2) is 7.81. The first kappa shape index (κ1) is 18.3. The molecule has 26 heavy (non-hydrogen) atoms. The van der Waals surface area contributed by atoms with Crippen molar-refractivity contribution in [1.29, 1.82) is 0 Å². The fraction of sp³-hybridized carbons (Fsp3) is 0.250. The number of pyridine rings is 1. The molecule has 0 bridgehead atoms. The molecule has 1 unspecified atom stereocenters. The number of anilines is 1. The molecule has 134 valence electrons. The van der Waals surface area contributed by atoms with Crippen LogP contribution in [-0.4, -0.2) is 26.6 Å². The molecule has 5 nitrogen and oxygen atoms in total. The van der Waals surface area contributed by atoms with Crippen LogP contribution < -0.4 is 5.32 Å². The molecule has 6 heteroatoms. The fourth-order valence-electron chi connectivity index (χ4n) is 2.66. The molecule has 0 saturated carbocycles. The van der Waals surface area contributed by atoms with E-state index in [4.69, 9.17) is 11.6 Å². The molecule has 3 rings (SSSR count). The van der Waals surface area contributed by atoms with Gasteiger partial charge in [0, 0.05) is 46.8 Å². The lowest BCUT2D eigenvalue weighted by Crippen LogP contribution is -2.31. The van der Waals surface area contributed by atoms with Crippen LogP contribution in [0.1, 0.15) is 25.1 Å². The van der Waals surface area contributed by atoms with Crippen molar-refractivity contribution in [2.75, 3.05) is 11.9 Å². The van der Waals surface area contributed by atoms with Gasteiger partial charge in [-0.1, -0.05) is 36.7 Å². The smallest absolute Gasteiger partial charge is 0.161 e. The lowest BCUT2D eigenvalue weighted by atomic mass is 9.96. The molecule has 0 spiro atoms. The predicted octanol–water partition coefficient (Wildman–Crippen LogP) is 4.07. The van der Waals surface area contributed by atoms with Crippen molar-refractivity contribution >= 4 is 17.4 Å². The molecule has 1 aromatic carbocycles. The molecule has 0 saturated heterocycles. The van der Waals surface area contributed by atoms with Crippen LogP contribution in [0.2, 0.25) is 5.02 Å². The van der Waals surface area contributed by atoms with Gasteiger partial charge in [-0.3, -0.25) is 4.98 Å². The average molecular weight is 369 g/mol. The third-order valence-electron chi connectivity index (χ3n) is 4.15. The molecule has 0 fully saturated rings. The summed E-state index contributed by atoms with van der Waals surface area (Å²) < 4.78 is 0. The van der Waals surface area contributed by atoms with Gasteiger partial charge in [-0.2, -0.15) is 0 Å². The van der Waals surface area contributed by atoms with E-state index >= 15 is 0 Å². The normalized spacial score (nSPS) is 13.2. The molecular formula is C20H21ClN4O. The monoisotopic (exact) mass is 368 g/mol. The molecule has 3 aromatic rings. The highest BCUT2D eigenvalue weighted by Gasteiger charge is 2.25. The summed E-state index contributed by atoms with van der Waals surface area (Å²) in [7, 11) is 0. The zero-order chi connectivity index (χ0) is 18.6. The van der Waals surface area contributed by atoms with Crippen LogP contribution in [0.4, 0.5) is 5.82 Å². The van der Waals surface area contributed by atoms with Crippen LogP contribution in [0.5, 0.6) is 0 Å². The van der Waals surface area contributed by atoms with E-state index in [-0.39, 0.29) is 6.54 Å². The summed E-state index contributed by atoms with van der Waals surface area (Å²) in [5, 5.41) is 14.6. The number of halogens is 1. The largest absolute Gasteiger partial charge is 0.384 e. The minimum Gasteiger partial charge on any atom is -0.384 e. The number of aryl methyl sites for hydroxylation is 1. The van der Waals surface area contributed by atoms with Gasteiger partial charge < -0.3 is 10.4 Å². The van der Waals surface area contributed by atoms with Crippen molar-refractivity contribution < 1.29 is 5.11 Å². The van der Waals surface area contributed by atoms with E-state index in [9.17, 15) is 5.11 Å². The molecule has 0 amide bonds. The molecule has 2 N–H and O–H groups in total. The van der Waals surface area contributed by atoms with Gasteiger partial charge in [0.15, 0.2) is 5.82 Å². The van der Waals surface area contributed by atoms with Crippen LogP contribution in [-0.2, 0) is 12.0 Å². The SMILES string of the molecule is CCc1cc(NCC(C)(O)c2ccccc2Cl)nc(-c2ccncc2)n1. The van der Waals surface area contributed by atoms with E-state index in [1.54, 1.807) is 25.4 Å². The Morgan fingerprint density at radius 3 is 2.54 bits per heavy atom. The first-order chi connectivity index (χ1) is 12.5. The maximum atomic E-state index is 10.8. The van der Waals surface area contributed by atoms with Crippen molar-refractivity contribution in [2.24, 2.45) is 0 Å². The Balaban J connectivity index is 1.85. The third-order valence-corrected chi connectivity index (χ3v) is 4.48. The van der Waals surface area contributed by atoms with Crippen LogP contribution in [0.3, 0.4) is 0 Å². The van der Waals surface area contributed by atoms with Gasteiger partial charge in [0.05, 0.1) is 0 Å². The zero-order valence-corrected chi connectivity index (χ0v) is 15.5. The summed E-state index contributed by atoms with van der Waals surface area (Å²) in [6, 6.07) is 12.9. The zero-order valence-electron chi connectivity index (χ0n) is 14.8. The van der Waals surface area contributed by atoms with Crippen LogP contribution >= 0.6 is 11.6 Å². The van der Waals surface area contributed by atoms with Gasteiger partial charge in [-0.25, -0.2) is 9.97 Å². The van der Waals surface area contributed by atoms with Crippen LogP contribution in [0.15, 0.2) is 54.9 Å². The number of nitrogens with zero attached hydrogens (tertiary/aromatic N) is 3. The van der Waals surface area contributed by atoms with Gasteiger partial charge >= 0.3 is 0 Å². The number of nitrogens with one attached hydrogen (secondary N) is 1. The van der Waals surface area contributed by atoms with Crippen molar-refractivity contribution in [3.63, 3.8) is 0 Å². The average Bonchev–Trinajstić information content (AvgIpc) is 2.67. The van der Waals surface area contributed by atoms with E-state index < -0.39 is 5.60 Å². The molecule has 2 heterocycles. The predicted molar refractivity (Wildman–Crippen MR) is 104 cm³/mol. The molecular weight excluding hydrogens is 348 g/mol. The van der Waals surface area contributed by atoms with Gasteiger partial charge in [0.25, 0.3) is 0 Å². The Kier molecular flexibility index (Phi) is 5.49. The number of aliphatic hydroxyl groups is 1. The maximum absolute atomic E-state index is 10.8. The lowest BCUT2D eigenvalue weighted by molar-refractivity contribution is 0.0715. The molecule has 1 atom stereocenters. The topological polar surface area (TPSA) is 70.9 Å². The number of benzene rings is 1. The van der Waals surface area contributed by atoms with E-state index in [1.807, 2.05) is 43.3 Å². The number of hydrogen-bond acceptors (Lipinski definition) is 5. The van der Waals surface area contributed by atoms with Crippen molar-refractivity contribution in [3.05, 3.63) is 71.1 Å². The Hall–Kier alpha value is -2.50. The Morgan fingerprint density at radius 2 is 1.85 bits per heavy atom.